The predicted molar refractivity (Wildman–Crippen MR) is 92.7 cm³/mol. The van der Waals surface area contributed by atoms with E-state index in [2.05, 4.69) is 10.4 Å². The summed E-state index contributed by atoms with van der Waals surface area (Å²) >= 11 is 6.10. The van der Waals surface area contributed by atoms with Gasteiger partial charge in [-0.1, -0.05) is 29.8 Å². The van der Waals surface area contributed by atoms with Gasteiger partial charge in [-0.25, -0.2) is 8.78 Å². The maximum Gasteiger partial charge on any atom is 0.276 e. The highest BCUT2D eigenvalue weighted by Gasteiger charge is 2.20. The van der Waals surface area contributed by atoms with Crippen LogP contribution in [0.2, 0.25) is 5.02 Å². The average molecular weight is 362 g/mol. The number of nitrogens with one attached hydrogen (secondary N) is 1. The van der Waals surface area contributed by atoms with E-state index in [9.17, 15) is 13.6 Å². The van der Waals surface area contributed by atoms with Gasteiger partial charge in [0, 0.05) is 7.05 Å². The zero-order valence-electron chi connectivity index (χ0n) is 13.5. The SMILES string of the molecule is Cc1cccc(Cl)c1NC(=O)c1cc(-c2c(F)cccc2F)n(C)n1. The molecule has 1 N–H and O–H groups in total. The second kappa shape index (κ2) is 6.64. The van der Waals surface area contributed by atoms with Crippen LogP contribution in [0, 0.1) is 18.6 Å². The first-order valence-electron chi connectivity index (χ1n) is 7.43. The van der Waals surface area contributed by atoms with E-state index in [1.54, 1.807) is 25.1 Å². The molecule has 0 saturated heterocycles. The van der Waals surface area contributed by atoms with Crippen molar-refractivity contribution in [2.75, 3.05) is 5.32 Å². The first-order valence-corrected chi connectivity index (χ1v) is 7.81. The highest BCUT2D eigenvalue weighted by molar-refractivity contribution is 6.34. The van der Waals surface area contributed by atoms with Crippen molar-refractivity contribution >= 4 is 23.2 Å². The first kappa shape index (κ1) is 17.1. The Hall–Kier alpha value is -2.73. The van der Waals surface area contributed by atoms with Crippen LogP contribution in [-0.2, 0) is 7.05 Å². The Morgan fingerprint density at radius 3 is 2.44 bits per heavy atom. The first-order chi connectivity index (χ1) is 11.9. The summed E-state index contributed by atoms with van der Waals surface area (Å²) < 4.78 is 29.2. The fourth-order valence-corrected chi connectivity index (χ4v) is 2.79. The molecule has 0 spiro atoms. The van der Waals surface area contributed by atoms with Gasteiger partial charge in [0.1, 0.15) is 11.6 Å². The van der Waals surface area contributed by atoms with Crippen LogP contribution in [0.25, 0.3) is 11.3 Å². The van der Waals surface area contributed by atoms with Gasteiger partial charge in [-0.05, 0) is 36.8 Å². The third-order valence-corrected chi connectivity index (χ3v) is 4.11. The standard InChI is InChI=1S/C18H14ClF2N3O/c1-10-5-3-6-11(19)17(10)22-18(25)14-9-15(24(2)23-14)16-12(20)7-4-8-13(16)21/h3-9H,1-2H3,(H,22,25). The second-order valence-corrected chi connectivity index (χ2v) is 5.93. The molecule has 1 amide bonds. The van der Waals surface area contributed by atoms with E-state index in [0.717, 1.165) is 17.7 Å². The van der Waals surface area contributed by atoms with Crippen molar-refractivity contribution in [1.29, 1.82) is 0 Å². The summed E-state index contributed by atoms with van der Waals surface area (Å²) in [5.41, 5.74) is 1.22. The topological polar surface area (TPSA) is 46.9 Å². The number of carbonyl (C=O) groups excluding carboxylic acids is 1. The summed E-state index contributed by atoms with van der Waals surface area (Å²) in [6, 6.07) is 10.1. The van der Waals surface area contributed by atoms with E-state index in [4.69, 9.17) is 11.6 Å². The summed E-state index contributed by atoms with van der Waals surface area (Å²) in [5, 5.41) is 7.13. The molecule has 1 heterocycles. The van der Waals surface area contributed by atoms with Crippen LogP contribution >= 0.6 is 11.6 Å². The normalized spacial score (nSPS) is 10.8. The lowest BCUT2D eigenvalue weighted by Crippen LogP contribution is -2.14. The molecule has 4 nitrogen and oxygen atoms in total. The predicted octanol–water partition coefficient (Wildman–Crippen LogP) is 4.58. The van der Waals surface area contributed by atoms with Crippen molar-refractivity contribution in [3.63, 3.8) is 0 Å². The molecule has 0 radical (unpaired) electrons. The molecular formula is C18H14ClF2N3O. The number of aromatic nitrogens is 2. The van der Waals surface area contributed by atoms with E-state index in [1.807, 2.05) is 0 Å². The van der Waals surface area contributed by atoms with E-state index in [0.29, 0.717) is 10.7 Å². The highest BCUT2D eigenvalue weighted by Crippen LogP contribution is 2.28. The minimum Gasteiger partial charge on any atom is -0.319 e. The molecule has 7 heteroatoms. The summed E-state index contributed by atoms with van der Waals surface area (Å²) in [5.74, 6) is -1.97. The Kier molecular flexibility index (Phi) is 4.55. The number of halogens is 3. The monoisotopic (exact) mass is 361 g/mol. The molecule has 0 unspecified atom stereocenters. The van der Waals surface area contributed by atoms with Crippen LogP contribution in [0.5, 0.6) is 0 Å². The molecule has 0 aliphatic carbocycles. The molecule has 3 aromatic rings. The number of amides is 1. The van der Waals surface area contributed by atoms with Crippen LogP contribution in [0.15, 0.2) is 42.5 Å². The third-order valence-electron chi connectivity index (χ3n) is 3.79. The highest BCUT2D eigenvalue weighted by atomic mass is 35.5. The molecule has 25 heavy (non-hydrogen) atoms. The van der Waals surface area contributed by atoms with Gasteiger partial charge in [0.2, 0.25) is 0 Å². The number of hydrogen-bond donors (Lipinski definition) is 1. The van der Waals surface area contributed by atoms with Gasteiger partial charge in [0.05, 0.1) is 22.0 Å². The van der Waals surface area contributed by atoms with Crippen molar-refractivity contribution in [2.45, 2.75) is 6.92 Å². The summed E-state index contributed by atoms with van der Waals surface area (Å²) in [6.07, 6.45) is 0. The van der Waals surface area contributed by atoms with Gasteiger partial charge < -0.3 is 5.32 Å². The molecule has 3 rings (SSSR count). The maximum atomic E-state index is 14.0. The molecule has 1 aromatic heterocycles. The zero-order valence-corrected chi connectivity index (χ0v) is 14.2. The van der Waals surface area contributed by atoms with Gasteiger partial charge in [0.25, 0.3) is 5.91 Å². The Morgan fingerprint density at radius 1 is 1.16 bits per heavy atom. The van der Waals surface area contributed by atoms with Crippen molar-refractivity contribution < 1.29 is 13.6 Å². The van der Waals surface area contributed by atoms with Gasteiger partial charge in [-0.15, -0.1) is 0 Å². The van der Waals surface area contributed by atoms with Crippen molar-refractivity contribution in [1.82, 2.24) is 9.78 Å². The summed E-state index contributed by atoms with van der Waals surface area (Å²) in [4.78, 5) is 12.5. The summed E-state index contributed by atoms with van der Waals surface area (Å²) in [7, 11) is 1.51. The van der Waals surface area contributed by atoms with Gasteiger partial charge in [-0.3, -0.25) is 9.48 Å². The minimum absolute atomic E-state index is 0.0273. The van der Waals surface area contributed by atoms with Crippen LogP contribution in [0.1, 0.15) is 16.1 Å². The van der Waals surface area contributed by atoms with Gasteiger partial charge in [-0.2, -0.15) is 5.10 Å². The Bertz CT molecular complexity index is 928. The smallest absolute Gasteiger partial charge is 0.276 e. The van der Waals surface area contributed by atoms with Crippen LogP contribution in [0.3, 0.4) is 0 Å². The Balaban J connectivity index is 1.96. The van der Waals surface area contributed by atoms with Crippen molar-refractivity contribution in [3.05, 3.63) is 70.4 Å². The Labute approximate surface area is 148 Å². The quantitative estimate of drug-likeness (QED) is 0.742. The van der Waals surface area contributed by atoms with E-state index < -0.39 is 17.5 Å². The number of anilines is 1. The van der Waals surface area contributed by atoms with E-state index in [1.165, 1.54) is 23.9 Å². The van der Waals surface area contributed by atoms with Gasteiger partial charge in [0.15, 0.2) is 5.69 Å². The number of hydrogen-bond acceptors (Lipinski definition) is 2. The number of nitrogens with zero attached hydrogens (tertiary/aromatic N) is 2. The molecule has 0 bridgehead atoms. The molecule has 0 fully saturated rings. The molecule has 0 aliphatic rings. The van der Waals surface area contributed by atoms with Gasteiger partial charge >= 0.3 is 0 Å². The third kappa shape index (κ3) is 3.25. The number of aryl methyl sites for hydroxylation is 2. The number of benzene rings is 2. The second-order valence-electron chi connectivity index (χ2n) is 5.52. The molecule has 2 aromatic carbocycles. The fourth-order valence-electron chi connectivity index (χ4n) is 2.52. The number of carbonyl (C=O) groups is 1. The number of para-hydroxylation sites is 1. The molecule has 128 valence electrons. The molecule has 0 saturated carbocycles. The van der Waals surface area contributed by atoms with Crippen LogP contribution < -0.4 is 5.32 Å². The van der Waals surface area contributed by atoms with Crippen molar-refractivity contribution in [3.8, 4) is 11.3 Å². The largest absolute Gasteiger partial charge is 0.319 e. The van der Waals surface area contributed by atoms with Crippen LogP contribution in [-0.4, -0.2) is 15.7 Å². The fraction of sp³-hybridized carbons (Fsp3) is 0.111. The van der Waals surface area contributed by atoms with Crippen molar-refractivity contribution in [2.24, 2.45) is 7.05 Å². The lowest BCUT2D eigenvalue weighted by Gasteiger charge is -2.08. The maximum absolute atomic E-state index is 14.0. The molecule has 0 aliphatic heterocycles. The lowest BCUT2D eigenvalue weighted by atomic mass is 10.1. The lowest BCUT2D eigenvalue weighted by molar-refractivity contribution is 0.102. The molecule has 0 atom stereocenters. The zero-order chi connectivity index (χ0) is 18.1. The molecular weight excluding hydrogens is 348 g/mol. The Morgan fingerprint density at radius 2 is 1.80 bits per heavy atom. The van der Waals surface area contributed by atoms with E-state index in [-0.39, 0.29) is 17.0 Å². The van der Waals surface area contributed by atoms with Crippen LogP contribution in [0.4, 0.5) is 14.5 Å². The summed E-state index contributed by atoms with van der Waals surface area (Å²) in [6.45, 7) is 1.81. The number of rotatable bonds is 3. The minimum atomic E-state index is -0.725. The van der Waals surface area contributed by atoms with E-state index >= 15 is 0 Å². The average Bonchev–Trinajstić information content (AvgIpc) is 2.93.